The zero-order valence-corrected chi connectivity index (χ0v) is 12.6. The van der Waals surface area contributed by atoms with Gasteiger partial charge in [-0.3, -0.25) is 0 Å². The highest BCUT2D eigenvalue weighted by Gasteiger charge is 2.43. The van der Waals surface area contributed by atoms with Gasteiger partial charge in [-0.1, -0.05) is 13.8 Å². The summed E-state index contributed by atoms with van der Waals surface area (Å²) in [4.78, 5) is 4.56. The molecule has 0 spiro atoms. The van der Waals surface area contributed by atoms with Crippen molar-refractivity contribution in [2.75, 3.05) is 19.0 Å². The normalized spacial score (nSPS) is 21.8. The molecule has 0 aliphatic heterocycles. The van der Waals surface area contributed by atoms with Gasteiger partial charge in [0.1, 0.15) is 5.60 Å². The van der Waals surface area contributed by atoms with Crippen molar-refractivity contribution in [3.8, 4) is 0 Å². The van der Waals surface area contributed by atoms with Crippen molar-refractivity contribution in [1.82, 2.24) is 9.36 Å². The number of hydrogen-bond donors (Lipinski definition) is 1. The van der Waals surface area contributed by atoms with E-state index in [1.807, 2.05) is 14.0 Å². The molecule has 1 aliphatic rings. The van der Waals surface area contributed by atoms with Crippen LogP contribution in [-0.4, -0.2) is 23.0 Å². The van der Waals surface area contributed by atoms with Crippen LogP contribution in [-0.2, 0) is 10.3 Å². The molecule has 1 saturated carbocycles. The van der Waals surface area contributed by atoms with Crippen molar-refractivity contribution in [3.05, 3.63) is 5.82 Å². The molecule has 0 radical (unpaired) electrons. The minimum absolute atomic E-state index is 0.254. The molecule has 4 nitrogen and oxygen atoms in total. The number of rotatable bonds is 4. The molecule has 1 aliphatic carbocycles. The van der Waals surface area contributed by atoms with Crippen molar-refractivity contribution in [1.29, 1.82) is 0 Å². The van der Waals surface area contributed by atoms with E-state index in [2.05, 4.69) is 28.5 Å². The fourth-order valence-corrected chi connectivity index (χ4v) is 3.15. The molecule has 5 heteroatoms. The molecule has 1 fully saturated rings. The van der Waals surface area contributed by atoms with Gasteiger partial charge >= 0.3 is 0 Å². The van der Waals surface area contributed by atoms with Gasteiger partial charge in [-0.05, 0) is 38.0 Å². The van der Waals surface area contributed by atoms with Crippen LogP contribution in [0.25, 0.3) is 0 Å². The summed E-state index contributed by atoms with van der Waals surface area (Å²) >= 11 is 1.42. The van der Waals surface area contributed by atoms with Gasteiger partial charge in [0.25, 0.3) is 0 Å². The molecule has 0 amide bonds. The molecular weight excluding hydrogens is 246 g/mol. The Morgan fingerprint density at radius 2 is 1.94 bits per heavy atom. The van der Waals surface area contributed by atoms with Crippen LogP contribution in [0.2, 0.25) is 0 Å². The minimum atomic E-state index is -0.254. The van der Waals surface area contributed by atoms with Gasteiger partial charge in [0.15, 0.2) is 5.82 Å². The van der Waals surface area contributed by atoms with Gasteiger partial charge in [0, 0.05) is 25.2 Å². The van der Waals surface area contributed by atoms with Crippen molar-refractivity contribution in [2.24, 2.45) is 5.41 Å². The third-order valence-corrected chi connectivity index (χ3v) is 4.61. The lowest BCUT2D eigenvalue weighted by Gasteiger charge is -2.41. The highest BCUT2D eigenvalue weighted by Crippen LogP contribution is 2.46. The molecular formula is C13H23N3OS. The molecule has 102 valence electrons. The Morgan fingerprint density at radius 3 is 2.44 bits per heavy atom. The molecule has 0 bridgehead atoms. The summed E-state index contributed by atoms with van der Waals surface area (Å²) < 4.78 is 10.6. The van der Waals surface area contributed by atoms with Gasteiger partial charge in [-0.2, -0.15) is 4.37 Å². The van der Waals surface area contributed by atoms with Gasteiger partial charge in [0.2, 0.25) is 5.13 Å². The maximum Gasteiger partial charge on any atom is 0.202 e. The lowest BCUT2D eigenvalue weighted by molar-refractivity contribution is -0.0940. The van der Waals surface area contributed by atoms with Crippen LogP contribution >= 0.6 is 11.5 Å². The quantitative estimate of drug-likeness (QED) is 0.910. The van der Waals surface area contributed by atoms with E-state index in [0.717, 1.165) is 23.8 Å². The third-order valence-electron chi connectivity index (χ3n) is 3.88. The molecule has 1 heterocycles. The second-order valence-electron chi connectivity index (χ2n) is 5.76. The lowest BCUT2D eigenvalue weighted by atomic mass is 9.70. The molecule has 2 rings (SSSR count). The number of nitrogens with one attached hydrogen (secondary N) is 1. The van der Waals surface area contributed by atoms with Crippen molar-refractivity contribution in [2.45, 2.75) is 52.1 Å². The zero-order chi connectivity index (χ0) is 13.2. The molecule has 0 saturated heterocycles. The Kier molecular flexibility index (Phi) is 3.92. The van der Waals surface area contributed by atoms with Gasteiger partial charge in [-0.25, -0.2) is 4.98 Å². The van der Waals surface area contributed by atoms with E-state index in [-0.39, 0.29) is 5.60 Å². The molecule has 1 aromatic rings. The first-order valence-corrected chi connectivity index (χ1v) is 7.45. The number of nitrogens with zero attached hydrogens (tertiary/aromatic N) is 2. The summed E-state index contributed by atoms with van der Waals surface area (Å²) in [6.07, 6.45) is 4.38. The number of ether oxygens (including phenoxy) is 1. The zero-order valence-electron chi connectivity index (χ0n) is 11.7. The molecule has 1 N–H and O–H groups in total. The minimum Gasteiger partial charge on any atom is -0.367 e. The predicted octanol–water partition coefficient (Wildman–Crippen LogP) is 3.41. The molecule has 0 unspecified atom stereocenters. The fourth-order valence-electron chi connectivity index (χ4n) is 2.55. The van der Waals surface area contributed by atoms with Crippen LogP contribution in [0.3, 0.4) is 0 Å². The summed E-state index contributed by atoms with van der Waals surface area (Å²) in [6.45, 7) is 7.42. The van der Waals surface area contributed by atoms with E-state index < -0.39 is 0 Å². The fraction of sp³-hybridized carbons (Fsp3) is 0.846. The summed E-state index contributed by atoms with van der Waals surface area (Å²) in [5.41, 5.74) is 0.165. The van der Waals surface area contributed by atoms with E-state index in [4.69, 9.17) is 4.74 Å². The highest BCUT2D eigenvalue weighted by atomic mass is 32.1. The average molecular weight is 269 g/mol. The van der Waals surface area contributed by atoms with Crippen LogP contribution in [0, 0.1) is 5.41 Å². The van der Waals surface area contributed by atoms with E-state index in [9.17, 15) is 0 Å². The van der Waals surface area contributed by atoms with Crippen molar-refractivity contribution < 1.29 is 4.74 Å². The second kappa shape index (κ2) is 5.13. The molecule has 1 aromatic heterocycles. The van der Waals surface area contributed by atoms with Crippen molar-refractivity contribution in [3.63, 3.8) is 0 Å². The Morgan fingerprint density at radius 1 is 1.28 bits per heavy atom. The van der Waals surface area contributed by atoms with Crippen LogP contribution in [0.5, 0.6) is 0 Å². The van der Waals surface area contributed by atoms with Gasteiger partial charge in [0.05, 0.1) is 0 Å². The Bertz CT molecular complexity index is 393. The number of anilines is 1. The maximum absolute atomic E-state index is 6.06. The average Bonchev–Trinajstić information content (AvgIpc) is 2.82. The first kappa shape index (κ1) is 13.7. The molecule has 18 heavy (non-hydrogen) atoms. The number of aromatic nitrogens is 2. The van der Waals surface area contributed by atoms with Gasteiger partial charge < -0.3 is 10.1 Å². The first-order valence-electron chi connectivity index (χ1n) is 6.67. The SMILES string of the molecule is CCOC1(c2nsc(NC)n2)CCC(C)(C)CC1. The van der Waals surface area contributed by atoms with E-state index in [1.165, 1.54) is 24.4 Å². The maximum atomic E-state index is 6.06. The largest absolute Gasteiger partial charge is 0.367 e. The van der Waals surface area contributed by atoms with Crippen LogP contribution in [0.4, 0.5) is 5.13 Å². The molecule has 0 atom stereocenters. The van der Waals surface area contributed by atoms with E-state index in [1.54, 1.807) is 0 Å². The first-order chi connectivity index (χ1) is 8.51. The van der Waals surface area contributed by atoms with Crippen LogP contribution in [0.15, 0.2) is 0 Å². The van der Waals surface area contributed by atoms with E-state index in [0.29, 0.717) is 12.0 Å². The summed E-state index contributed by atoms with van der Waals surface area (Å²) in [6, 6.07) is 0. The molecule has 0 aromatic carbocycles. The summed E-state index contributed by atoms with van der Waals surface area (Å²) in [5.74, 6) is 0.870. The van der Waals surface area contributed by atoms with E-state index >= 15 is 0 Å². The lowest BCUT2D eigenvalue weighted by Crippen LogP contribution is -2.38. The summed E-state index contributed by atoms with van der Waals surface area (Å²) in [7, 11) is 1.88. The monoisotopic (exact) mass is 269 g/mol. The van der Waals surface area contributed by atoms with Crippen molar-refractivity contribution >= 4 is 16.7 Å². The Balaban J connectivity index is 2.22. The Labute approximate surface area is 113 Å². The highest BCUT2D eigenvalue weighted by molar-refractivity contribution is 7.09. The summed E-state index contributed by atoms with van der Waals surface area (Å²) in [5, 5.41) is 3.92. The predicted molar refractivity (Wildman–Crippen MR) is 75.0 cm³/mol. The van der Waals surface area contributed by atoms with Crippen LogP contribution in [0.1, 0.15) is 52.3 Å². The Hall–Kier alpha value is -0.680. The van der Waals surface area contributed by atoms with Gasteiger partial charge in [-0.15, -0.1) is 0 Å². The number of hydrogen-bond acceptors (Lipinski definition) is 5. The third kappa shape index (κ3) is 2.67. The van der Waals surface area contributed by atoms with Crippen LogP contribution < -0.4 is 5.32 Å². The second-order valence-corrected chi connectivity index (χ2v) is 6.52. The standard InChI is InChI=1S/C13H23N3OS/c1-5-17-13(8-6-12(2,3)7-9-13)10-15-11(14-4)18-16-10/h5-9H2,1-4H3,(H,14,15,16). The topological polar surface area (TPSA) is 47.0 Å². The smallest absolute Gasteiger partial charge is 0.202 e.